The van der Waals surface area contributed by atoms with Crippen molar-refractivity contribution >= 4 is 0 Å². The van der Waals surface area contributed by atoms with Crippen LogP contribution >= 0.6 is 0 Å². The third-order valence-corrected chi connectivity index (χ3v) is 5.41. The van der Waals surface area contributed by atoms with Crippen molar-refractivity contribution in [1.29, 1.82) is 0 Å². The van der Waals surface area contributed by atoms with Crippen molar-refractivity contribution in [2.45, 2.75) is 25.5 Å². The number of pyridine rings is 2. The molecule has 0 fully saturated rings. The van der Waals surface area contributed by atoms with Crippen molar-refractivity contribution in [3.8, 4) is 22.5 Å². The maximum Gasteiger partial charge on any atom is 0.123 e. The van der Waals surface area contributed by atoms with Gasteiger partial charge in [0.25, 0.3) is 0 Å². The van der Waals surface area contributed by atoms with E-state index in [-0.39, 0.29) is 11.9 Å². The lowest BCUT2D eigenvalue weighted by Crippen LogP contribution is -2.13. The molecular weight excluding hydrogens is 379 g/mol. The largest absolute Gasteiger partial charge is 0.373 e. The zero-order valence-corrected chi connectivity index (χ0v) is 16.4. The second-order valence-corrected chi connectivity index (χ2v) is 7.37. The lowest BCUT2D eigenvalue weighted by Gasteiger charge is -2.18. The Labute approximate surface area is 174 Å². The van der Waals surface area contributed by atoms with E-state index in [0.29, 0.717) is 13.2 Å². The van der Waals surface area contributed by atoms with E-state index in [1.807, 2.05) is 30.3 Å². The number of aryl methyl sites for hydroxylation is 1. The first-order valence-corrected chi connectivity index (χ1v) is 10.0. The van der Waals surface area contributed by atoms with Gasteiger partial charge in [-0.25, -0.2) is 9.37 Å². The van der Waals surface area contributed by atoms with Crippen LogP contribution in [0.15, 0.2) is 73.2 Å². The van der Waals surface area contributed by atoms with Crippen LogP contribution in [0.4, 0.5) is 4.39 Å². The highest BCUT2D eigenvalue weighted by Gasteiger charge is 2.30. The molecule has 5 rings (SSSR count). The van der Waals surface area contributed by atoms with Crippen molar-refractivity contribution in [3.63, 3.8) is 0 Å². The summed E-state index contributed by atoms with van der Waals surface area (Å²) in [5, 5.41) is 0. The average Bonchev–Trinajstić information content (AvgIpc) is 3.35. The van der Waals surface area contributed by atoms with Crippen molar-refractivity contribution in [3.05, 3.63) is 90.5 Å². The molecule has 0 bridgehead atoms. The van der Waals surface area contributed by atoms with Crippen molar-refractivity contribution in [2.24, 2.45) is 0 Å². The number of ether oxygens (including phenoxy) is 1. The number of hydrogen-bond acceptors (Lipinski definition) is 4. The molecule has 1 aliphatic rings. The molecule has 5 nitrogen and oxygen atoms in total. The number of fused-ring (bicyclic) bond motifs is 1. The third kappa shape index (κ3) is 3.62. The number of nitrogens with zero attached hydrogens (tertiary/aromatic N) is 4. The van der Waals surface area contributed by atoms with E-state index in [1.165, 1.54) is 12.1 Å². The molecular formula is C24H21FN4O. The lowest BCUT2D eigenvalue weighted by atomic mass is 10.0. The van der Waals surface area contributed by atoms with Crippen LogP contribution in [0.25, 0.3) is 22.5 Å². The Morgan fingerprint density at radius 2 is 1.80 bits per heavy atom. The topological polar surface area (TPSA) is 52.8 Å². The number of benzene rings is 1. The number of imidazole rings is 1. The Hall–Kier alpha value is -3.38. The molecule has 1 unspecified atom stereocenters. The summed E-state index contributed by atoms with van der Waals surface area (Å²) in [6.45, 7) is 1.07. The van der Waals surface area contributed by atoms with Gasteiger partial charge in [0.05, 0.1) is 36.3 Å². The van der Waals surface area contributed by atoms with Crippen LogP contribution in [0, 0.1) is 5.82 Å². The highest BCUT2D eigenvalue weighted by molar-refractivity contribution is 5.79. The van der Waals surface area contributed by atoms with E-state index in [2.05, 4.69) is 14.5 Å². The number of halogens is 1. The first-order chi connectivity index (χ1) is 14.8. The molecule has 3 aromatic heterocycles. The normalized spacial score (nSPS) is 15.3. The number of hydrogen-bond donors (Lipinski definition) is 0. The summed E-state index contributed by atoms with van der Waals surface area (Å²) in [5.74, 6) is 0.782. The van der Waals surface area contributed by atoms with E-state index in [4.69, 9.17) is 9.72 Å². The molecule has 1 aromatic carbocycles. The first-order valence-electron chi connectivity index (χ1n) is 10.0. The van der Waals surface area contributed by atoms with Gasteiger partial charge in [-0.05, 0) is 55.0 Å². The predicted molar refractivity (Wildman–Crippen MR) is 112 cm³/mol. The Morgan fingerprint density at radius 1 is 0.967 bits per heavy atom. The minimum absolute atomic E-state index is 0.188. The molecule has 1 aliphatic heterocycles. The summed E-state index contributed by atoms with van der Waals surface area (Å²) in [4.78, 5) is 13.4. The molecule has 0 saturated heterocycles. The number of aromatic nitrogens is 4. The molecule has 4 heterocycles. The molecule has 150 valence electrons. The van der Waals surface area contributed by atoms with E-state index >= 15 is 0 Å². The van der Waals surface area contributed by atoms with Crippen molar-refractivity contribution in [2.75, 3.05) is 6.61 Å². The van der Waals surface area contributed by atoms with Gasteiger partial charge >= 0.3 is 0 Å². The Kier molecular flexibility index (Phi) is 5.07. The maximum absolute atomic E-state index is 13.5. The van der Waals surface area contributed by atoms with Crippen molar-refractivity contribution < 1.29 is 9.13 Å². The van der Waals surface area contributed by atoms with E-state index in [1.54, 1.807) is 30.7 Å². The van der Waals surface area contributed by atoms with E-state index < -0.39 is 0 Å². The summed E-state index contributed by atoms with van der Waals surface area (Å²) in [7, 11) is 0. The molecule has 4 aromatic rings. The highest BCUT2D eigenvalue weighted by Crippen LogP contribution is 2.39. The Bertz CT molecular complexity index is 1130. The molecule has 0 amide bonds. The Morgan fingerprint density at radius 3 is 2.57 bits per heavy atom. The molecule has 30 heavy (non-hydrogen) atoms. The Balaban J connectivity index is 1.48. The minimum atomic E-state index is -0.253. The summed E-state index contributed by atoms with van der Waals surface area (Å²) < 4.78 is 21.8. The molecule has 0 spiro atoms. The second-order valence-electron chi connectivity index (χ2n) is 7.37. The highest BCUT2D eigenvalue weighted by atomic mass is 19.1. The quantitative estimate of drug-likeness (QED) is 0.464. The molecule has 6 heteroatoms. The standard InChI is InChI=1S/C24H21FN4O/c25-19-6-4-17(5-7-19)23-24(18-10-13-26-14-11-18)29-21(8-9-22(29)28-23)16-30-15-20-3-1-2-12-27-20/h1-7,10-14,21H,8-9,15-16H2. The van der Waals surface area contributed by atoms with Gasteiger partial charge in [-0.3, -0.25) is 9.97 Å². The van der Waals surface area contributed by atoms with Gasteiger partial charge in [-0.15, -0.1) is 0 Å². The molecule has 0 aliphatic carbocycles. The maximum atomic E-state index is 13.5. The van der Waals surface area contributed by atoms with Gasteiger partial charge in [0, 0.05) is 36.1 Å². The molecule has 0 N–H and O–H groups in total. The average molecular weight is 400 g/mol. The third-order valence-electron chi connectivity index (χ3n) is 5.41. The van der Waals surface area contributed by atoms with Gasteiger partial charge in [-0.2, -0.15) is 0 Å². The van der Waals surface area contributed by atoms with Crippen LogP contribution in [-0.2, 0) is 17.8 Å². The summed E-state index contributed by atoms with van der Waals surface area (Å²) in [6, 6.07) is 16.5. The monoisotopic (exact) mass is 400 g/mol. The number of rotatable bonds is 6. The fourth-order valence-electron chi connectivity index (χ4n) is 4.01. The van der Waals surface area contributed by atoms with Crippen LogP contribution < -0.4 is 0 Å². The summed E-state index contributed by atoms with van der Waals surface area (Å²) in [6.07, 6.45) is 7.21. The van der Waals surface area contributed by atoms with Gasteiger partial charge in [0.15, 0.2) is 0 Å². The molecule has 1 atom stereocenters. The predicted octanol–water partition coefficient (Wildman–Crippen LogP) is 4.85. The van der Waals surface area contributed by atoms with E-state index in [0.717, 1.165) is 46.9 Å². The van der Waals surface area contributed by atoms with Crippen LogP contribution in [0.1, 0.15) is 24.0 Å². The molecule has 0 radical (unpaired) electrons. The zero-order chi connectivity index (χ0) is 20.3. The fourth-order valence-corrected chi connectivity index (χ4v) is 4.01. The summed E-state index contributed by atoms with van der Waals surface area (Å²) >= 11 is 0. The van der Waals surface area contributed by atoms with Crippen LogP contribution in [0.3, 0.4) is 0 Å². The van der Waals surface area contributed by atoms with Crippen LogP contribution in [0.2, 0.25) is 0 Å². The van der Waals surface area contributed by atoms with Gasteiger partial charge < -0.3 is 9.30 Å². The fraction of sp³-hybridized carbons (Fsp3) is 0.208. The minimum Gasteiger partial charge on any atom is -0.373 e. The zero-order valence-electron chi connectivity index (χ0n) is 16.4. The smallest absolute Gasteiger partial charge is 0.123 e. The van der Waals surface area contributed by atoms with E-state index in [9.17, 15) is 4.39 Å². The van der Waals surface area contributed by atoms with Gasteiger partial charge in [-0.1, -0.05) is 6.07 Å². The van der Waals surface area contributed by atoms with Crippen LogP contribution in [0.5, 0.6) is 0 Å². The molecule has 0 saturated carbocycles. The van der Waals surface area contributed by atoms with Crippen molar-refractivity contribution in [1.82, 2.24) is 19.5 Å². The van der Waals surface area contributed by atoms with Crippen LogP contribution in [-0.4, -0.2) is 26.1 Å². The lowest BCUT2D eigenvalue weighted by molar-refractivity contribution is 0.0903. The second kappa shape index (κ2) is 8.16. The van der Waals surface area contributed by atoms with Gasteiger partial charge in [0.2, 0.25) is 0 Å². The first kappa shape index (κ1) is 18.6. The summed E-state index contributed by atoms with van der Waals surface area (Å²) in [5.41, 5.74) is 4.76. The SMILES string of the molecule is Fc1ccc(-c2nc3n(c2-c2ccncc2)C(COCc2ccccn2)CC3)cc1. The van der Waals surface area contributed by atoms with Gasteiger partial charge in [0.1, 0.15) is 11.6 Å².